The molecular weight excluding hydrogens is 482 g/mol. The van der Waals surface area contributed by atoms with E-state index in [1.165, 1.54) is 24.3 Å². The molecule has 0 radical (unpaired) electrons. The number of amides is 2. The highest BCUT2D eigenvalue weighted by molar-refractivity contribution is 9.13. The van der Waals surface area contributed by atoms with Gasteiger partial charge in [0.05, 0.1) is 14.6 Å². The molecule has 3 N–H and O–H groups in total. The topological polar surface area (TPSA) is 102 Å². The second-order valence-electron chi connectivity index (χ2n) is 6.27. The summed E-state index contributed by atoms with van der Waals surface area (Å²) in [4.78, 5) is 40.4. The summed E-state index contributed by atoms with van der Waals surface area (Å²) in [5.41, 5.74) is 1.07. The van der Waals surface area contributed by atoms with Crippen LogP contribution in [0.4, 0.5) is 0 Å². The van der Waals surface area contributed by atoms with E-state index in [0.717, 1.165) is 4.47 Å². The summed E-state index contributed by atoms with van der Waals surface area (Å²) in [6, 6.07) is 7.61. The third-order valence-electron chi connectivity index (χ3n) is 4.47. The lowest BCUT2D eigenvalue weighted by Crippen LogP contribution is -2.46. The van der Waals surface area contributed by atoms with Crippen LogP contribution in [0.1, 0.15) is 44.0 Å². The SMILES string of the molecule is O=C(O)c1ccc(C(=O)N2CCC(NC(=O)c3cc(Br)c(Br)[nH]3)CC2)cc1. The van der Waals surface area contributed by atoms with E-state index in [2.05, 4.69) is 42.2 Å². The van der Waals surface area contributed by atoms with Gasteiger partial charge in [0.15, 0.2) is 0 Å². The number of hydrogen-bond donors (Lipinski definition) is 3. The molecule has 3 rings (SSSR count). The molecule has 2 amide bonds. The number of aromatic carboxylic acids is 1. The van der Waals surface area contributed by atoms with Crippen LogP contribution in [0.3, 0.4) is 0 Å². The molecule has 1 fully saturated rings. The van der Waals surface area contributed by atoms with Gasteiger partial charge in [-0.05, 0) is 75.0 Å². The fourth-order valence-corrected chi connectivity index (χ4v) is 3.61. The summed E-state index contributed by atoms with van der Waals surface area (Å²) < 4.78 is 1.49. The van der Waals surface area contributed by atoms with Crippen LogP contribution in [0.5, 0.6) is 0 Å². The molecule has 0 saturated carbocycles. The van der Waals surface area contributed by atoms with Gasteiger partial charge in [-0.1, -0.05) is 0 Å². The molecule has 7 nitrogen and oxygen atoms in total. The first-order chi connectivity index (χ1) is 12.8. The van der Waals surface area contributed by atoms with Crippen LogP contribution in [-0.2, 0) is 0 Å². The lowest BCUT2D eigenvalue weighted by Gasteiger charge is -2.32. The minimum absolute atomic E-state index is 0.00297. The number of carbonyl (C=O) groups is 3. The molecule has 0 atom stereocenters. The number of benzene rings is 1. The standard InChI is InChI=1S/C18H17Br2N3O4/c19-13-9-14(22-15(13)20)16(24)21-12-5-7-23(8-6-12)17(25)10-1-3-11(4-2-10)18(26)27/h1-4,9,12,22H,5-8H2,(H,21,24)(H,26,27). The first kappa shape index (κ1) is 19.6. The Balaban J connectivity index is 1.54. The average Bonchev–Trinajstić information content (AvgIpc) is 3.01. The average molecular weight is 499 g/mol. The summed E-state index contributed by atoms with van der Waals surface area (Å²) in [5, 5.41) is 11.9. The Kier molecular flexibility index (Phi) is 6.01. The van der Waals surface area contributed by atoms with Crippen LogP contribution in [0.25, 0.3) is 0 Å². The number of likely N-dealkylation sites (tertiary alicyclic amines) is 1. The van der Waals surface area contributed by atoms with Gasteiger partial charge in [0.25, 0.3) is 11.8 Å². The molecule has 0 spiro atoms. The zero-order valence-corrected chi connectivity index (χ0v) is 17.3. The van der Waals surface area contributed by atoms with E-state index in [1.807, 2.05) is 0 Å². The molecule has 0 bridgehead atoms. The van der Waals surface area contributed by atoms with Crippen molar-refractivity contribution in [3.63, 3.8) is 0 Å². The fourth-order valence-electron chi connectivity index (χ4n) is 2.95. The molecule has 2 heterocycles. The number of rotatable bonds is 4. The van der Waals surface area contributed by atoms with E-state index in [0.29, 0.717) is 41.8 Å². The van der Waals surface area contributed by atoms with E-state index < -0.39 is 5.97 Å². The van der Waals surface area contributed by atoms with E-state index in [9.17, 15) is 14.4 Å². The van der Waals surface area contributed by atoms with Gasteiger partial charge in [0.2, 0.25) is 0 Å². The summed E-state index contributed by atoms with van der Waals surface area (Å²) >= 11 is 6.64. The van der Waals surface area contributed by atoms with Crippen molar-refractivity contribution in [1.82, 2.24) is 15.2 Å². The van der Waals surface area contributed by atoms with Crippen molar-refractivity contribution < 1.29 is 19.5 Å². The minimum atomic E-state index is -1.02. The van der Waals surface area contributed by atoms with Gasteiger partial charge in [-0.15, -0.1) is 0 Å². The molecule has 27 heavy (non-hydrogen) atoms. The third-order valence-corrected chi connectivity index (χ3v) is 6.25. The van der Waals surface area contributed by atoms with Crippen molar-refractivity contribution in [2.75, 3.05) is 13.1 Å². The molecular formula is C18H17Br2N3O4. The van der Waals surface area contributed by atoms with Crippen LogP contribution >= 0.6 is 31.9 Å². The summed E-state index contributed by atoms with van der Waals surface area (Å²) in [5.74, 6) is -1.34. The first-order valence-electron chi connectivity index (χ1n) is 8.32. The number of carboxylic acids is 1. The zero-order valence-electron chi connectivity index (χ0n) is 14.2. The van der Waals surface area contributed by atoms with Gasteiger partial charge in [0.1, 0.15) is 5.69 Å². The number of H-pyrrole nitrogens is 1. The van der Waals surface area contributed by atoms with Crippen LogP contribution in [0.2, 0.25) is 0 Å². The number of carbonyl (C=O) groups excluding carboxylic acids is 2. The summed E-state index contributed by atoms with van der Waals surface area (Å²) in [6.45, 7) is 1.06. The number of nitrogens with one attached hydrogen (secondary N) is 2. The highest BCUT2D eigenvalue weighted by atomic mass is 79.9. The van der Waals surface area contributed by atoms with Crippen molar-refractivity contribution >= 4 is 49.6 Å². The fraction of sp³-hybridized carbons (Fsp3) is 0.278. The van der Waals surface area contributed by atoms with E-state index in [1.54, 1.807) is 11.0 Å². The van der Waals surface area contributed by atoms with Crippen LogP contribution in [-0.4, -0.2) is 51.9 Å². The van der Waals surface area contributed by atoms with Gasteiger partial charge < -0.3 is 20.3 Å². The van der Waals surface area contributed by atoms with E-state index in [4.69, 9.17) is 5.11 Å². The monoisotopic (exact) mass is 497 g/mol. The molecule has 2 aromatic rings. The van der Waals surface area contributed by atoms with Crippen LogP contribution < -0.4 is 5.32 Å². The molecule has 1 saturated heterocycles. The lowest BCUT2D eigenvalue weighted by atomic mass is 10.0. The third kappa shape index (κ3) is 4.59. The molecule has 1 aromatic carbocycles. The Bertz CT molecular complexity index is 852. The predicted octanol–water partition coefficient (Wildman–Crippen LogP) is 3.27. The quantitative estimate of drug-likeness (QED) is 0.601. The number of aromatic amines is 1. The van der Waals surface area contributed by atoms with Crippen molar-refractivity contribution in [2.45, 2.75) is 18.9 Å². The number of piperidine rings is 1. The minimum Gasteiger partial charge on any atom is -0.478 e. The molecule has 1 aliphatic heterocycles. The first-order valence-corrected chi connectivity index (χ1v) is 9.91. The maximum absolute atomic E-state index is 12.5. The number of carboxylic acid groups (broad SMARTS) is 1. The lowest BCUT2D eigenvalue weighted by molar-refractivity contribution is 0.0681. The van der Waals surface area contributed by atoms with E-state index >= 15 is 0 Å². The van der Waals surface area contributed by atoms with Gasteiger partial charge in [-0.2, -0.15) is 0 Å². The Hall–Kier alpha value is -2.13. The number of aromatic nitrogens is 1. The summed E-state index contributed by atoms with van der Waals surface area (Å²) in [7, 11) is 0. The molecule has 9 heteroatoms. The maximum Gasteiger partial charge on any atom is 0.335 e. The summed E-state index contributed by atoms with van der Waals surface area (Å²) in [6.07, 6.45) is 1.32. The predicted molar refractivity (Wildman–Crippen MR) is 106 cm³/mol. The smallest absolute Gasteiger partial charge is 0.335 e. The number of hydrogen-bond acceptors (Lipinski definition) is 3. The van der Waals surface area contributed by atoms with Gasteiger partial charge in [0, 0.05) is 24.7 Å². The molecule has 1 aromatic heterocycles. The normalized spacial score (nSPS) is 14.8. The van der Waals surface area contributed by atoms with Crippen LogP contribution in [0.15, 0.2) is 39.4 Å². The number of halogens is 2. The van der Waals surface area contributed by atoms with Crippen LogP contribution in [0, 0.1) is 0 Å². The molecule has 142 valence electrons. The Morgan fingerprint density at radius 2 is 1.67 bits per heavy atom. The Morgan fingerprint density at radius 1 is 1.07 bits per heavy atom. The van der Waals surface area contributed by atoms with Crippen molar-refractivity contribution in [1.29, 1.82) is 0 Å². The van der Waals surface area contributed by atoms with Crippen molar-refractivity contribution in [3.8, 4) is 0 Å². The largest absolute Gasteiger partial charge is 0.478 e. The molecule has 0 aliphatic carbocycles. The molecule has 1 aliphatic rings. The highest BCUT2D eigenvalue weighted by Crippen LogP contribution is 2.23. The maximum atomic E-state index is 12.5. The van der Waals surface area contributed by atoms with Gasteiger partial charge in [-0.3, -0.25) is 9.59 Å². The Morgan fingerprint density at radius 3 is 2.19 bits per heavy atom. The van der Waals surface area contributed by atoms with Crippen molar-refractivity contribution in [3.05, 3.63) is 56.2 Å². The number of nitrogens with zero attached hydrogens (tertiary/aromatic N) is 1. The molecule has 0 unspecified atom stereocenters. The van der Waals surface area contributed by atoms with Gasteiger partial charge >= 0.3 is 5.97 Å². The zero-order chi connectivity index (χ0) is 19.6. The second kappa shape index (κ2) is 8.26. The van der Waals surface area contributed by atoms with E-state index in [-0.39, 0.29) is 23.4 Å². The highest BCUT2D eigenvalue weighted by Gasteiger charge is 2.25. The second-order valence-corrected chi connectivity index (χ2v) is 7.91. The van der Waals surface area contributed by atoms with Crippen molar-refractivity contribution in [2.24, 2.45) is 0 Å². The Labute approximate surface area is 172 Å². The van der Waals surface area contributed by atoms with Gasteiger partial charge in [-0.25, -0.2) is 4.79 Å².